The lowest BCUT2D eigenvalue weighted by Crippen LogP contribution is -2.61. The van der Waals surface area contributed by atoms with Crippen LogP contribution in [0.1, 0.15) is 26.2 Å². The third-order valence-corrected chi connectivity index (χ3v) is 3.36. The van der Waals surface area contributed by atoms with Gasteiger partial charge in [-0.2, -0.15) is 0 Å². The highest BCUT2D eigenvalue weighted by Gasteiger charge is 2.41. The van der Waals surface area contributed by atoms with Crippen LogP contribution in [-0.4, -0.2) is 37.0 Å². The molecule has 2 rings (SSSR count). The highest BCUT2D eigenvalue weighted by atomic mass is 16.5. The fourth-order valence-electron chi connectivity index (χ4n) is 2.37. The van der Waals surface area contributed by atoms with Gasteiger partial charge in [-0.1, -0.05) is 6.92 Å². The molecule has 2 fully saturated rings. The third kappa shape index (κ3) is 2.03. The quantitative estimate of drug-likeness (QED) is 0.659. The van der Waals surface area contributed by atoms with Crippen molar-refractivity contribution in [2.45, 2.75) is 31.8 Å². The molecular weight excluding hydrogens is 166 g/mol. The summed E-state index contributed by atoms with van der Waals surface area (Å²) in [5.74, 6) is 0. The van der Waals surface area contributed by atoms with Crippen molar-refractivity contribution in [3.05, 3.63) is 0 Å². The van der Waals surface area contributed by atoms with Gasteiger partial charge in [-0.05, 0) is 24.7 Å². The minimum absolute atomic E-state index is 0.301. The maximum absolute atomic E-state index is 10.0. The van der Waals surface area contributed by atoms with Crippen LogP contribution in [0.25, 0.3) is 0 Å². The van der Waals surface area contributed by atoms with Crippen molar-refractivity contribution in [2.75, 3.05) is 26.3 Å². The zero-order chi connectivity index (χ0) is 9.36. The summed E-state index contributed by atoms with van der Waals surface area (Å²) < 4.78 is 5.33. The fraction of sp³-hybridized carbons (Fsp3) is 1.00. The van der Waals surface area contributed by atoms with Crippen molar-refractivity contribution in [1.29, 1.82) is 0 Å². The minimum atomic E-state index is -0.425. The molecule has 2 aliphatic rings. The van der Waals surface area contributed by atoms with E-state index in [4.69, 9.17) is 4.74 Å². The first-order chi connectivity index (χ1) is 6.12. The molecule has 3 nitrogen and oxygen atoms in total. The molecule has 0 aromatic rings. The van der Waals surface area contributed by atoms with Crippen molar-refractivity contribution in [3.63, 3.8) is 0 Å². The molecule has 2 N–H and O–H groups in total. The lowest BCUT2D eigenvalue weighted by Gasteiger charge is -2.45. The van der Waals surface area contributed by atoms with Gasteiger partial charge in [0, 0.05) is 26.3 Å². The third-order valence-electron chi connectivity index (χ3n) is 3.36. The second-order valence-corrected chi connectivity index (χ2v) is 4.93. The van der Waals surface area contributed by atoms with Crippen molar-refractivity contribution in [1.82, 2.24) is 5.32 Å². The minimum Gasteiger partial charge on any atom is -0.387 e. The number of ether oxygens (including phenoxy) is 1. The highest BCUT2D eigenvalue weighted by Crippen LogP contribution is 2.38. The van der Waals surface area contributed by atoms with Crippen LogP contribution in [-0.2, 0) is 4.74 Å². The fourth-order valence-corrected chi connectivity index (χ4v) is 2.37. The van der Waals surface area contributed by atoms with E-state index in [1.165, 1.54) is 0 Å². The molecule has 0 radical (unpaired) electrons. The van der Waals surface area contributed by atoms with Crippen LogP contribution in [0.2, 0.25) is 0 Å². The average Bonchev–Trinajstić information content (AvgIpc) is 2.02. The van der Waals surface area contributed by atoms with E-state index < -0.39 is 5.60 Å². The van der Waals surface area contributed by atoms with E-state index in [-0.39, 0.29) is 0 Å². The molecule has 0 aromatic heterocycles. The summed E-state index contributed by atoms with van der Waals surface area (Å²) in [6, 6.07) is 0. The molecule has 0 amide bonds. The number of hydrogen-bond acceptors (Lipinski definition) is 3. The van der Waals surface area contributed by atoms with E-state index in [0.717, 1.165) is 45.6 Å². The van der Waals surface area contributed by atoms with Crippen molar-refractivity contribution in [3.8, 4) is 0 Å². The average molecular weight is 185 g/mol. The maximum atomic E-state index is 10.0. The summed E-state index contributed by atoms with van der Waals surface area (Å²) in [5.41, 5.74) is -0.124. The summed E-state index contributed by atoms with van der Waals surface area (Å²) in [6.07, 6.45) is 3.11. The highest BCUT2D eigenvalue weighted by molar-refractivity contribution is 4.97. The van der Waals surface area contributed by atoms with Gasteiger partial charge in [0.05, 0.1) is 5.60 Å². The lowest BCUT2D eigenvalue weighted by molar-refractivity contribution is -0.0747. The molecule has 3 heteroatoms. The molecule has 0 unspecified atom stereocenters. The van der Waals surface area contributed by atoms with Gasteiger partial charge in [0.2, 0.25) is 0 Å². The van der Waals surface area contributed by atoms with Gasteiger partial charge in [-0.15, -0.1) is 0 Å². The van der Waals surface area contributed by atoms with Crippen molar-refractivity contribution in [2.24, 2.45) is 5.41 Å². The van der Waals surface area contributed by atoms with Gasteiger partial charge in [0.25, 0.3) is 0 Å². The van der Waals surface area contributed by atoms with Gasteiger partial charge in [-0.25, -0.2) is 0 Å². The normalized spacial score (nSPS) is 30.9. The summed E-state index contributed by atoms with van der Waals surface area (Å²) in [7, 11) is 0. The van der Waals surface area contributed by atoms with Crippen LogP contribution in [0.4, 0.5) is 0 Å². The van der Waals surface area contributed by atoms with E-state index in [1.54, 1.807) is 0 Å². The van der Waals surface area contributed by atoms with E-state index in [1.807, 2.05) is 0 Å². The SMILES string of the molecule is CC1(CC2(O)CNC2)CCOCC1. The molecule has 0 spiro atoms. The number of nitrogens with one attached hydrogen (secondary N) is 1. The van der Waals surface area contributed by atoms with Gasteiger partial charge in [0.15, 0.2) is 0 Å². The number of hydrogen-bond donors (Lipinski definition) is 2. The Morgan fingerprint density at radius 2 is 1.92 bits per heavy atom. The van der Waals surface area contributed by atoms with Gasteiger partial charge >= 0.3 is 0 Å². The molecule has 0 aliphatic carbocycles. The predicted octanol–water partition coefficient (Wildman–Crippen LogP) is 0.527. The second kappa shape index (κ2) is 3.23. The smallest absolute Gasteiger partial charge is 0.0900 e. The first-order valence-corrected chi connectivity index (χ1v) is 5.13. The Labute approximate surface area is 79.5 Å². The van der Waals surface area contributed by atoms with Gasteiger partial charge in [0.1, 0.15) is 0 Å². The Hall–Kier alpha value is -0.120. The Balaban J connectivity index is 1.90. The molecule has 13 heavy (non-hydrogen) atoms. The zero-order valence-corrected chi connectivity index (χ0v) is 8.31. The lowest BCUT2D eigenvalue weighted by atomic mass is 9.72. The van der Waals surface area contributed by atoms with E-state index in [0.29, 0.717) is 5.41 Å². The predicted molar refractivity (Wildman–Crippen MR) is 50.6 cm³/mol. The summed E-state index contributed by atoms with van der Waals surface area (Å²) >= 11 is 0. The summed E-state index contributed by atoms with van der Waals surface area (Å²) in [5, 5.41) is 13.2. The van der Waals surface area contributed by atoms with Crippen LogP contribution >= 0.6 is 0 Å². The van der Waals surface area contributed by atoms with Crippen LogP contribution in [0.5, 0.6) is 0 Å². The topological polar surface area (TPSA) is 41.5 Å². The van der Waals surface area contributed by atoms with Crippen molar-refractivity contribution >= 4 is 0 Å². The van der Waals surface area contributed by atoms with Crippen LogP contribution in [0.15, 0.2) is 0 Å². The second-order valence-electron chi connectivity index (χ2n) is 4.93. The molecular formula is C10H19NO2. The van der Waals surface area contributed by atoms with E-state index in [2.05, 4.69) is 12.2 Å². The van der Waals surface area contributed by atoms with Crippen LogP contribution < -0.4 is 5.32 Å². The summed E-state index contributed by atoms with van der Waals surface area (Å²) in [4.78, 5) is 0. The number of rotatable bonds is 2. The standard InChI is InChI=1S/C10H19NO2/c1-9(2-4-13-5-3-9)6-10(12)7-11-8-10/h11-12H,2-8H2,1H3. The first-order valence-electron chi connectivity index (χ1n) is 5.13. The van der Waals surface area contributed by atoms with Crippen molar-refractivity contribution < 1.29 is 9.84 Å². The monoisotopic (exact) mass is 185 g/mol. The Kier molecular flexibility index (Phi) is 2.34. The Morgan fingerprint density at radius 1 is 1.31 bits per heavy atom. The molecule has 0 bridgehead atoms. The Bertz CT molecular complexity index is 183. The largest absolute Gasteiger partial charge is 0.387 e. The number of β-amino-alcohol motifs (C(OH)–C–C–N with tert-alkyl or cyclic N) is 1. The molecule has 2 heterocycles. The molecule has 0 saturated carbocycles. The molecule has 2 aliphatic heterocycles. The maximum Gasteiger partial charge on any atom is 0.0900 e. The first kappa shape index (κ1) is 9.44. The molecule has 76 valence electrons. The molecule has 0 atom stereocenters. The van der Waals surface area contributed by atoms with Crippen LogP contribution in [0.3, 0.4) is 0 Å². The van der Waals surface area contributed by atoms with Gasteiger partial charge in [-0.3, -0.25) is 0 Å². The summed E-state index contributed by atoms with van der Waals surface area (Å²) in [6.45, 7) is 5.53. The van der Waals surface area contributed by atoms with Gasteiger partial charge < -0.3 is 15.2 Å². The Morgan fingerprint density at radius 3 is 2.38 bits per heavy atom. The molecule has 2 saturated heterocycles. The van der Waals surface area contributed by atoms with E-state index >= 15 is 0 Å². The zero-order valence-electron chi connectivity index (χ0n) is 8.31. The number of aliphatic hydroxyl groups is 1. The van der Waals surface area contributed by atoms with Crippen LogP contribution in [0, 0.1) is 5.41 Å². The molecule has 0 aromatic carbocycles. The van der Waals surface area contributed by atoms with E-state index in [9.17, 15) is 5.11 Å².